The third kappa shape index (κ3) is 8.02. The number of carbonyl (C=O) groups is 2. The van der Waals surface area contributed by atoms with Gasteiger partial charge in [0.15, 0.2) is 0 Å². The molecule has 2 aromatic carbocycles. The Kier molecular flexibility index (Phi) is 10.00. The zero-order chi connectivity index (χ0) is 27.1. The van der Waals surface area contributed by atoms with Crippen LogP contribution in [0.1, 0.15) is 48.0 Å². The molecule has 0 amide bonds. The minimum absolute atomic E-state index is 0.0646. The second kappa shape index (κ2) is 12.3. The van der Waals surface area contributed by atoms with E-state index in [1.165, 1.54) is 18.6 Å². The van der Waals surface area contributed by atoms with Crippen LogP contribution in [-0.2, 0) is 14.8 Å². The Labute approximate surface area is 211 Å². The number of rotatable bonds is 5. The zero-order valence-electron chi connectivity index (χ0n) is 19.3. The first-order valence-electron chi connectivity index (χ1n) is 10.9. The lowest BCUT2D eigenvalue weighted by molar-refractivity contribution is -0.192. The molecule has 2 aromatic rings. The molecule has 1 aliphatic rings. The number of nitrogens with zero attached hydrogens (tertiary/aromatic N) is 1. The first-order valence-corrected chi connectivity index (χ1v) is 12.8. The molecule has 1 aliphatic heterocycles. The smallest absolute Gasteiger partial charge is 0.478 e. The Morgan fingerprint density at radius 1 is 1.00 bits per heavy atom. The van der Waals surface area contributed by atoms with Gasteiger partial charge in [0.1, 0.15) is 0 Å². The normalized spacial score (nSPS) is 14.6. The summed E-state index contributed by atoms with van der Waals surface area (Å²) in [6.45, 7) is 3.23. The Morgan fingerprint density at radius 2 is 1.56 bits per heavy atom. The van der Waals surface area contributed by atoms with Crippen LogP contribution in [0.15, 0.2) is 41.3 Å². The summed E-state index contributed by atoms with van der Waals surface area (Å²) in [6, 6.07) is 9.34. The summed E-state index contributed by atoms with van der Waals surface area (Å²) in [5, 5.41) is 17.2. The Hall–Kier alpha value is -2.99. The van der Waals surface area contributed by atoms with Crippen LogP contribution in [0.25, 0.3) is 0 Å². The number of sulfonamides is 1. The quantitative estimate of drug-likeness (QED) is 0.446. The molecule has 0 spiro atoms. The maximum absolute atomic E-state index is 12.8. The van der Waals surface area contributed by atoms with E-state index in [0.29, 0.717) is 16.3 Å². The van der Waals surface area contributed by atoms with Crippen molar-refractivity contribution in [2.24, 2.45) is 0 Å². The summed E-state index contributed by atoms with van der Waals surface area (Å²) < 4.78 is 59.8. The van der Waals surface area contributed by atoms with Gasteiger partial charge in [-0.1, -0.05) is 36.9 Å². The molecule has 13 heteroatoms. The topological polar surface area (TPSA) is 124 Å². The number of halogens is 4. The lowest BCUT2D eigenvalue weighted by Crippen LogP contribution is -2.28. The van der Waals surface area contributed by atoms with Crippen molar-refractivity contribution >= 4 is 44.9 Å². The second-order valence-corrected chi connectivity index (χ2v) is 10.1. The highest BCUT2D eigenvalue weighted by molar-refractivity contribution is 7.92. The molecule has 0 aromatic heterocycles. The van der Waals surface area contributed by atoms with Gasteiger partial charge in [0.05, 0.1) is 16.1 Å². The molecule has 8 nitrogen and oxygen atoms in total. The number of nitrogens with one attached hydrogen (secondary N) is 1. The fraction of sp³-hybridized carbons (Fsp3) is 0.391. The number of aliphatic carboxylic acids is 1. The van der Waals surface area contributed by atoms with Crippen LogP contribution in [-0.4, -0.2) is 49.8 Å². The number of alkyl halides is 3. The lowest BCUT2D eigenvalue weighted by Gasteiger charge is -2.28. The van der Waals surface area contributed by atoms with Crippen molar-refractivity contribution in [3.05, 3.63) is 52.5 Å². The number of hydrogen-bond donors (Lipinski definition) is 3. The molecular weight excluding hydrogens is 525 g/mol. The molecule has 1 saturated heterocycles. The number of aromatic carboxylic acids is 1. The minimum Gasteiger partial charge on any atom is -0.478 e. The molecule has 0 aliphatic carbocycles. The zero-order valence-corrected chi connectivity index (χ0v) is 20.9. The van der Waals surface area contributed by atoms with Gasteiger partial charge < -0.3 is 15.1 Å². The van der Waals surface area contributed by atoms with Crippen molar-refractivity contribution < 1.29 is 41.4 Å². The average Bonchev–Trinajstić information content (AvgIpc) is 2.75. The van der Waals surface area contributed by atoms with E-state index in [1.807, 2.05) is 0 Å². The van der Waals surface area contributed by atoms with Crippen LogP contribution in [0.2, 0.25) is 5.02 Å². The second-order valence-electron chi connectivity index (χ2n) is 8.06. The first kappa shape index (κ1) is 29.2. The lowest BCUT2D eigenvalue weighted by atomic mass is 10.1. The molecule has 0 saturated carbocycles. The summed E-state index contributed by atoms with van der Waals surface area (Å²) in [5.41, 5.74) is 1.37. The SMILES string of the molecule is Cc1c(Cl)cccc1S(=O)(=O)Nc1ccc(N2CCCCCCC2)c(C(=O)O)c1.O=C(O)C(F)(F)F. The highest BCUT2D eigenvalue weighted by Gasteiger charge is 2.38. The van der Waals surface area contributed by atoms with E-state index in [0.717, 1.165) is 38.8 Å². The summed E-state index contributed by atoms with van der Waals surface area (Å²) in [7, 11) is -3.90. The highest BCUT2D eigenvalue weighted by Crippen LogP contribution is 2.29. The van der Waals surface area contributed by atoms with Crippen LogP contribution >= 0.6 is 11.6 Å². The molecule has 198 valence electrons. The fourth-order valence-electron chi connectivity index (χ4n) is 3.62. The van der Waals surface area contributed by atoms with Crippen LogP contribution in [0.3, 0.4) is 0 Å². The van der Waals surface area contributed by atoms with E-state index < -0.39 is 28.1 Å². The molecule has 36 heavy (non-hydrogen) atoms. The first-order chi connectivity index (χ1) is 16.7. The molecule has 3 rings (SSSR count). The number of carboxylic acids is 2. The van der Waals surface area contributed by atoms with Crippen LogP contribution in [0.4, 0.5) is 24.5 Å². The van der Waals surface area contributed by atoms with Gasteiger partial charge in [-0.2, -0.15) is 13.2 Å². The Bertz CT molecular complexity index is 1200. The van der Waals surface area contributed by atoms with Gasteiger partial charge in [-0.15, -0.1) is 0 Å². The van der Waals surface area contributed by atoms with Crippen LogP contribution < -0.4 is 9.62 Å². The predicted octanol–water partition coefficient (Wildman–Crippen LogP) is 5.55. The van der Waals surface area contributed by atoms with Gasteiger partial charge in [-0.25, -0.2) is 18.0 Å². The molecule has 1 heterocycles. The maximum Gasteiger partial charge on any atom is 0.490 e. The van der Waals surface area contributed by atoms with Crippen LogP contribution in [0.5, 0.6) is 0 Å². The van der Waals surface area contributed by atoms with Gasteiger partial charge in [0.25, 0.3) is 10.0 Å². The number of carboxylic acid groups (broad SMARTS) is 2. The average molecular weight is 551 g/mol. The predicted molar refractivity (Wildman–Crippen MR) is 129 cm³/mol. The molecule has 3 N–H and O–H groups in total. The number of hydrogen-bond acceptors (Lipinski definition) is 5. The Morgan fingerprint density at radius 3 is 2.08 bits per heavy atom. The van der Waals surface area contributed by atoms with E-state index in [-0.39, 0.29) is 16.1 Å². The number of benzene rings is 2. The summed E-state index contributed by atoms with van der Waals surface area (Å²) in [4.78, 5) is 22.9. The summed E-state index contributed by atoms with van der Waals surface area (Å²) in [5.74, 6) is -3.84. The minimum atomic E-state index is -5.08. The van der Waals surface area contributed by atoms with Gasteiger partial charge in [0, 0.05) is 23.8 Å². The van der Waals surface area contributed by atoms with Crippen LogP contribution in [0, 0.1) is 6.92 Å². The molecule has 0 bridgehead atoms. The fourth-order valence-corrected chi connectivity index (χ4v) is 5.17. The van der Waals surface area contributed by atoms with E-state index in [1.54, 1.807) is 31.2 Å². The van der Waals surface area contributed by atoms with Crippen molar-refractivity contribution in [3.63, 3.8) is 0 Å². The van der Waals surface area contributed by atoms with Gasteiger partial charge in [-0.3, -0.25) is 4.72 Å². The molecule has 0 radical (unpaired) electrons. The molecule has 0 atom stereocenters. The van der Waals surface area contributed by atoms with E-state index >= 15 is 0 Å². The third-order valence-electron chi connectivity index (χ3n) is 5.43. The van der Waals surface area contributed by atoms with E-state index in [9.17, 15) is 31.5 Å². The summed E-state index contributed by atoms with van der Waals surface area (Å²) in [6.07, 6.45) is 0.428. The third-order valence-corrected chi connectivity index (χ3v) is 7.36. The van der Waals surface area contributed by atoms with E-state index in [2.05, 4.69) is 9.62 Å². The van der Waals surface area contributed by atoms with Crippen molar-refractivity contribution in [2.75, 3.05) is 22.7 Å². The van der Waals surface area contributed by atoms with E-state index in [4.69, 9.17) is 21.5 Å². The molecule has 1 fully saturated rings. The van der Waals surface area contributed by atoms with Crippen molar-refractivity contribution in [3.8, 4) is 0 Å². The largest absolute Gasteiger partial charge is 0.490 e. The van der Waals surface area contributed by atoms with Gasteiger partial charge in [-0.05, 0) is 55.7 Å². The Balaban J connectivity index is 0.000000572. The number of anilines is 2. The van der Waals surface area contributed by atoms with Crippen molar-refractivity contribution in [2.45, 2.75) is 50.1 Å². The van der Waals surface area contributed by atoms with Crippen molar-refractivity contribution in [1.29, 1.82) is 0 Å². The van der Waals surface area contributed by atoms with Gasteiger partial charge >= 0.3 is 18.1 Å². The summed E-state index contributed by atoms with van der Waals surface area (Å²) >= 11 is 6.05. The maximum atomic E-state index is 12.8. The standard InChI is InChI=1S/C21H25ClN2O4S.C2HF3O2/c1-15-18(22)8-7-9-20(15)29(27,28)23-16-10-11-19(17(14-16)21(25)26)24-12-5-3-2-4-6-13-24;3-2(4,5)1(6)7/h7-11,14,23H,2-6,12-13H2,1H3,(H,25,26);(H,6,7). The molecule has 0 unspecified atom stereocenters. The molecular formula is C23H26ClF3N2O6S. The van der Waals surface area contributed by atoms with Crippen molar-refractivity contribution in [1.82, 2.24) is 0 Å². The monoisotopic (exact) mass is 550 g/mol. The highest BCUT2D eigenvalue weighted by atomic mass is 35.5. The van der Waals surface area contributed by atoms with Gasteiger partial charge in [0.2, 0.25) is 0 Å².